The van der Waals surface area contributed by atoms with Crippen LogP contribution < -0.4 is 10.6 Å². The van der Waals surface area contributed by atoms with Crippen LogP contribution in [0.3, 0.4) is 0 Å². The van der Waals surface area contributed by atoms with Gasteiger partial charge in [-0.25, -0.2) is 0 Å². The molecular formula is C13H14ClN5. The first kappa shape index (κ1) is 12.2. The summed E-state index contributed by atoms with van der Waals surface area (Å²) in [4.78, 5) is 15.0. The minimum atomic E-state index is 0.252. The second-order valence-electron chi connectivity index (χ2n) is 4.52. The molecule has 3 rings (SSSR count). The number of aromatic nitrogens is 3. The van der Waals surface area contributed by atoms with Crippen LogP contribution in [0, 0.1) is 0 Å². The quantitative estimate of drug-likeness (QED) is 0.911. The van der Waals surface area contributed by atoms with Crippen LogP contribution in [-0.4, -0.2) is 28.0 Å². The van der Waals surface area contributed by atoms with Gasteiger partial charge in [-0.3, -0.25) is 0 Å². The minimum Gasteiger partial charge on any atom is -0.368 e. The summed E-state index contributed by atoms with van der Waals surface area (Å²) < 4.78 is 0. The number of anilines is 2. The summed E-state index contributed by atoms with van der Waals surface area (Å²) in [5, 5.41) is 0.686. The van der Waals surface area contributed by atoms with Crippen molar-refractivity contribution in [2.24, 2.45) is 0 Å². The van der Waals surface area contributed by atoms with Crippen LogP contribution in [0.15, 0.2) is 24.3 Å². The lowest BCUT2D eigenvalue weighted by Gasteiger charge is -2.15. The first-order valence-corrected chi connectivity index (χ1v) is 6.62. The average molecular weight is 276 g/mol. The average Bonchev–Trinajstić information content (AvgIpc) is 2.93. The zero-order valence-corrected chi connectivity index (χ0v) is 11.1. The fourth-order valence-corrected chi connectivity index (χ4v) is 2.29. The highest BCUT2D eigenvalue weighted by Gasteiger charge is 2.17. The van der Waals surface area contributed by atoms with Gasteiger partial charge in [0.25, 0.3) is 0 Å². The fraction of sp³-hybridized carbons (Fsp3) is 0.308. The monoisotopic (exact) mass is 275 g/mol. The van der Waals surface area contributed by atoms with Gasteiger partial charge in [-0.2, -0.15) is 15.0 Å². The van der Waals surface area contributed by atoms with Crippen LogP contribution in [0.25, 0.3) is 11.4 Å². The molecule has 1 aromatic carbocycles. The highest BCUT2D eigenvalue weighted by molar-refractivity contribution is 6.30. The number of hydrogen-bond donors (Lipinski definition) is 1. The molecule has 0 atom stereocenters. The van der Waals surface area contributed by atoms with Gasteiger partial charge in [-0.1, -0.05) is 11.6 Å². The Balaban J connectivity index is 1.99. The summed E-state index contributed by atoms with van der Waals surface area (Å²) in [5.41, 5.74) is 6.67. The molecule has 19 heavy (non-hydrogen) atoms. The highest BCUT2D eigenvalue weighted by Crippen LogP contribution is 2.22. The Labute approximate surface area is 116 Å². The maximum absolute atomic E-state index is 5.88. The summed E-state index contributed by atoms with van der Waals surface area (Å²) in [6.45, 7) is 1.95. The molecule has 5 nitrogen and oxygen atoms in total. The lowest BCUT2D eigenvalue weighted by Crippen LogP contribution is -2.21. The van der Waals surface area contributed by atoms with E-state index in [2.05, 4.69) is 19.9 Å². The molecule has 0 spiro atoms. The molecule has 0 saturated carbocycles. The van der Waals surface area contributed by atoms with Crippen molar-refractivity contribution in [3.8, 4) is 11.4 Å². The Morgan fingerprint density at radius 2 is 1.68 bits per heavy atom. The highest BCUT2D eigenvalue weighted by atomic mass is 35.5. The van der Waals surface area contributed by atoms with Crippen molar-refractivity contribution in [3.63, 3.8) is 0 Å². The summed E-state index contributed by atoms with van der Waals surface area (Å²) in [6, 6.07) is 7.38. The van der Waals surface area contributed by atoms with Gasteiger partial charge >= 0.3 is 0 Å². The van der Waals surface area contributed by atoms with Gasteiger partial charge in [-0.15, -0.1) is 0 Å². The van der Waals surface area contributed by atoms with Crippen LogP contribution in [-0.2, 0) is 0 Å². The summed E-state index contributed by atoms with van der Waals surface area (Å²) in [6.07, 6.45) is 2.34. The third-order valence-corrected chi connectivity index (χ3v) is 3.38. The maximum atomic E-state index is 5.88. The zero-order chi connectivity index (χ0) is 13.2. The predicted molar refractivity (Wildman–Crippen MR) is 76.1 cm³/mol. The van der Waals surface area contributed by atoms with Crippen molar-refractivity contribution < 1.29 is 0 Å². The Hall–Kier alpha value is -1.88. The van der Waals surface area contributed by atoms with Crippen molar-refractivity contribution in [1.82, 2.24) is 15.0 Å². The van der Waals surface area contributed by atoms with E-state index >= 15 is 0 Å². The van der Waals surface area contributed by atoms with Crippen LogP contribution in [0.1, 0.15) is 12.8 Å². The number of nitrogens with zero attached hydrogens (tertiary/aromatic N) is 4. The molecule has 1 aliphatic heterocycles. The van der Waals surface area contributed by atoms with E-state index in [4.69, 9.17) is 17.3 Å². The smallest absolute Gasteiger partial charge is 0.230 e. The molecule has 1 saturated heterocycles. The maximum Gasteiger partial charge on any atom is 0.230 e. The Morgan fingerprint density at radius 3 is 2.37 bits per heavy atom. The van der Waals surface area contributed by atoms with E-state index in [0.29, 0.717) is 16.8 Å². The van der Waals surface area contributed by atoms with Gasteiger partial charge in [0, 0.05) is 23.7 Å². The number of hydrogen-bond acceptors (Lipinski definition) is 5. The van der Waals surface area contributed by atoms with Gasteiger partial charge in [0.2, 0.25) is 11.9 Å². The largest absolute Gasteiger partial charge is 0.368 e. The number of nitrogens with two attached hydrogens (primary N) is 1. The first-order chi connectivity index (χ1) is 9.22. The molecule has 0 bridgehead atoms. The number of benzene rings is 1. The zero-order valence-electron chi connectivity index (χ0n) is 10.4. The van der Waals surface area contributed by atoms with Gasteiger partial charge in [0.15, 0.2) is 5.82 Å². The second-order valence-corrected chi connectivity index (χ2v) is 4.95. The molecule has 6 heteroatoms. The van der Waals surface area contributed by atoms with Crippen LogP contribution in [0.4, 0.5) is 11.9 Å². The van der Waals surface area contributed by atoms with E-state index in [1.807, 2.05) is 24.3 Å². The lowest BCUT2D eigenvalue weighted by atomic mass is 10.2. The van der Waals surface area contributed by atoms with E-state index in [0.717, 1.165) is 18.7 Å². The van der Waals surface area contributed by atoms with Crippen molar-refractivity contribution in [2.45, 2.75) is 12.8 Å². The lowest BCUT2D eigenvalue weighted by molar-refractivity contribution is 0.887. The van der Waals surface area contributed by atoms with Crippen molar-refractivity contribution in [1.29, 1.82) is 0 Å². The van der Waals surface area contributed by atoms with E-state index in [1.54, 1.807) is 0 Å². The molecule has 98 valence electrons. The predicted octanol–water partition coefficient (Wildman–Crippen LogP) is 2.37. The summed E-state index contributed by atoms with van der Waals surface area (Å²) in [7, 11) is 0. The Kier molecular flexibility index (Phi) is 3.21. The van der Waals surface area contributed by atoms with Gasteiger partial charge in [0.05, 0.1) is 0 Å². The SMILES string of the molecule is Nc1nc(-c2ccc(Cl)cc2)nc(N2CCCC2)n1. The van der Waals surface area contributed by atoms with Crippen molar-refractivity contribution in [2.75, 3.05) is 23.7 Å². The molecule has 0 radical (unpaired) electrons. The molecular weight excluding hydrogens is 262 g/mol. The summed E-state index contributed by atoms with van der Waals surface area (Å²) >= 11 is 5.88. The molecule has 1 aromatic heterocycles. The molecule has 0 aliphatic carbocycles. The standard InChI is InChI=1S/C13H14ClN5/c14-10-5-3-9(4-6-10)11-16-12(15)18-13(17-11)19-7-1-2-8-19/h3-6H,1-2,7-8H2,(H2,15,16,17,18). The molecule has 0 unspecified atom stereocenters. The first-order valence-electron chi connectivity index (χ1n) is 6.25. The summed E-state index contributed by atoms with van der Waals surface area (Å²) in [5.74, 6) is 1.50. The minimum absolute atomic E-state index is 0.252. The fourth-order valence-electron chi connectivity index (χ4n) is 2.17. The van der Waals surface area contributed by atoms with Gasteiger partial charge < -0.3 is 10.6 Å². The van der Waals surface area contributed by atoms with E-state index in [9.17, 15) is 0 Å². The van der Waals surface area contributed by atoms with Crippen LogP contribution >= 0.6 is 11.6 Å². The Morgan fingerprint density at radius 1 is 1.00 bits per heavy atom. The van der Waals surface area contributed by atoms with Gasteiger partial charge in [0.1, 0.15) is 0 Å². The van der Waals surface area contributed by atoms with Crippen LogP contribution in [0.5, 0.6) is 0 Å². The number of halogens is 1. The second kappa shape index (κ2) is 5.01. The molecule has 1 fully saturated rings. The van der Waals surface area contributed by atoms with Crippen molar-refractivity contribution in [3.05, 3.63) is 29.3 Å². The van der Waals surface area contributed by atoms with E-state index in [1.165, 1.54) is 12.8 Å². The molecule has 2 aromatic rings. The molecule has 0 amide bonds. The number of rotatable bonds is 2. The van der Waals surface area contributed by atoms with E-state index in [-0.39, 0.29) is 5.95 Å². The molecule has 2 heterocycles. The van der Waals surface area contributed by atoms with Crippen molar-refractivity contribution >= 4 is 23.5 Å². The van der Waals surface area contributed by atoms with Crippen LogP contribution in [0.2, 0.25) is 5.02 Å². The number of nitrogen functional groups attached to an aromatic ring is 1. The molecule has 1 aliphatic rings. The molecule has 2 N–H and O–H groups in total. The van der Waals surface area contributed by atoms with Gasteiger partial charge in [-0.05, 0) is 37.1 Å². The van der Waals surface area contributed by atoms with E-state index < -0.39 is 0 Å². The topological polar surface area (TPSA) is 67.9 Å². The third-order valence-electron chi connectivity index (χ3n) is 3.13. The third kappa shape index (κ3) is 2.61. The normalized spacial score (nSPS) is 14.9. The Bertz CT molecular complexity index is 578.